The SMILES string of the molecule is CN(CCN1CCN(c2ccccc2)CC1)C(=O)CCCN. The maximum atomic E-state index is 11.9. The number of hydrogen-bond donors (Lipinski definition) is 1. The number of piperazine rings is 1. The lowest BCUT2D eigenvalue weighted by Crippen LogP contribution is -2.48. The van der Waals surface area contributed by atoms with Gasteiger partial charge in [-0.15, -0.1) is 0 Å². The molecule has 1 saturated heterocycles. The second kappa shape index (κ2) is 8.76. The van der Waals surface area contributed by atoms with Gasteiger partial charge >= 0.3 is 0 Å². The minimum Gasteiger partial charge on any atom is -0.369 e. The first-order valence-corrected chi connectivity index (χ1v) is 8.17. The van der Waals surface area contributed by atoms with Crippen LogP contribution >= 0.6 is 0 Å². The highest BCUT2D eigenvalue weighted by molar-refractivity contribution is 5.75. The van der Waals surface area contributed by atoms with Crippen molar-refractivity contribution in [2.24, 2.45) is 5.73 Å². The van der Waals surface area contributed by atoms with Crippen molar-refractivity contribution in [3.63, 3.8) is 0 Å². The van der Waals surface area contributed by atoms with E-state index in [1.54, 1.807) is 0 Å². The Bertz CT molecular complexity index is 443. The molecule has 0 saturated carbocycles. The van der Waals surface area contributed by atoms with Crippen LogP contribution < -0.4 is 10.6 Å². The van der Waals surface area contributed by atoms with Crippen LogP contribution in [-0.2, 0) is 4.79 Å². The van der Waals surface area contributed by atoms with E-state index in [0.717, 1.165) is 45.7 Å². The van der Waals surface area contributed by atoms with E-state index in [2.05, 4.69) is 40.1 Å². The molecule has 0 spiro atoms. The van der Waals surface area contributed by atoms with Gasteiger partial charge in [0.05, 0.1) is 0 Å². The number of benzene rings is 1. The first-order valence-electron chi connectivity index (χ1n) is 8.17. The van der Waals surface area contributed by atoms with Gasteiger partial charge in [0.2, 0.25) is 5.91 Å². The monoisotopic (exact) mass is 304 g/mol. The van der Waals surface area contributed by atoms with Gasteiger partial charge in [0.15, 0.2) is 0 Å². The van der Waals surface area contributed by atoms with Crippen molar-refractivity contribution < 1.29 is 4.79 Å². The zero-order valence-corrected chi connectivity index (χ0v) is 13.6. The van der Waals surface area contributed by atoms with Gasteiger partial charge in [-0.25, -0.2) is 0 Å². The van der Waals surface area contributed by atoms with Gasteiger partial charge in [0.1, 0.15) is 0 Å². The Morgan fingerprint density at radius 1 is 1.18 bits per heavy atom. The number of carbonyl (C=O) groups is 1. The summed E-state index contributed by atoms with van der Waals surface area (Å²) in [7, 11) is 1.89. The Morgan fingerprint density at radius 2 is 1.86 bits per heavy atom. The normalized spacial score (nSPS) is 15.8. The van der Waals surface area contributed by atoms with E-state index in [1.165, 1.54) is 5.69 Å². The van der Waals surface area contributed by atoms with Gasteiger partial charge in [-0.05, 0) is 25.1 Å². The Hall–Kier alpha value is -1.59. The molecule has 0 radical (unpaired) electrons. The number of nitrogens with two attached hydrogens (primary N) is 1. The molecule has 122 valence electrons. The van der Waals surface area contributed by atoms with Crippen molar-refractivity contribution in [2.75, 3.05) is 57.8 Å². The number of likely N-dealkylation sites (N-methyl/N-ethyl adjacent to an activating group) is 1. The van der Waals surface area contributed by atoms with E-state index in [4.69, 9.17) is 5.73 Å². The summed E-state index contributed by atoms with van der Waals surface area (Å²) in [4.78, 5) is 18.5. The Balaban J connectivity index is 1.68. The predicted molar refractivity (Wildman–Crippen MR) is 91.0 cm³/mol. The first-order chi connectivity index (χ1) is 10.7. The van der Waals surface area contributed by atoms with Crippen molar-refractivity contribution in [2.45, 2.75) is 12.8 Å². The molecule has 0 bridgehead atoms. The Labute approximate surface area is 133 Å². The Morgan fingerprint density at radius 3 is 2.50 bits per heavy atom. The third-order valence-electron chi connectivity index (χ3n) is 4.27. The molecule has 5 nitrogen and oxygen atoms in total. The summed E-state index contributed by atoms with van der Waals surface area (Å²) in [5.74, 6) is 0.202. The lowest BCUT2D eigenvalue weighted by molar-refractivity contribution is -0.130. The van der Waals surface area contributed by atoms with Gasteiger partial charge < -0.3 is 15.5 Å². The molecule has 1 fully saturated rings. The molecule has 1 amide bonds. The van der Waals surface area contributed by atoms with E-state index in [1.807, 2.05) is 11.9 Å². The molecule has 1 aromatic rings. The number of anilines is 1. The quantitative estimate of drug-likeness (QED) is 0.817. The second-order valence-electron chi connectivity index (χ2n) is 5.87. The van der Waals surface area contributed by atoms with E-state index >= 15 is 0 Å². The van der Waals surface area contributed by atoms with E-state index < -0.39 is 0 Å². The van der Waals surface area contributed by atoms with Gasteiger partial charge in [-0.3, -0.25) is 9.69 Å². The van der Waals surface area contributed by atoms with Crippen LogP contribution in [0.3, 0.4) is 0 Å². The number of carbonyl (C=O) groups excluding carboxylic acids is 1. The van der Waals surface area contributed by atoms with Crippen molar-refractivity contribution in [3.05, 3.63) is 30.3 Å². The maximum absolute atomic E-state index is 11.9. The van der Waals surface area contributed by atoms with Gasteiger partial charge in [0.25, 0.3) is 0 Å². The topological polar surface area (TPSA) is 52.8 Å². The molecule has 1 aliphatic heterocycles. The molecule has 22 heavy (non-hydrogen) atoms. The van der Waals surface area contributed by atoms with E-state index in [-0.39, 0.29) is 5.91 Å². The molecule has 1 heterocycles. The third-order valence-corrected chi connectivity index (χ3v) is 4.27. The first kappa shape index (κ1) is 16.8. The minimum absolute atomic E-state index is 0.202. The molecule has 0 atom stereocenters. The molecule has 0 aromatic heterocycles. The van der Waals surface area contributed by atoms with Crippen molar-refractivity contribution >= 4 is 11.6 Å². The number of hydrogen-bond acceptors (Lipinski definition) is 4. The summed E-state index contributed by atoms with van der Waals surface area (Å²) in [6.07, 6.45) is 1.34. The van der Waals surface area contributed by atoms with Crippen LogP contribution in [0.25, 0.3) is 0 Å². The fourth-order valence-corrected chi connectivity index (χ4v) is 2.73. The van der Waals surface area contributed by atoms with Crippen LogP contribution in [0.1, 0.15) is 12.8 Å². The summed E-state index contributed by atoms with van der Waals surface area (Å²) in [6, 6.07) is 10.6. The van der Waals surface area contributed by atoms with E-state index in [9.17, 15) is 4.79 Å². The highest BCUT2D eigenvalue weighted by atomic mass is 16.2. The molecule has 2 rings (SSSR count). The number of nitrogens with zero attached hydrogens (tertiary/aromatic N) is 3. The molecular weight excluding hydrogens is 276 g/mol. The van der Waals surface area contributed by atoms with Gasteiger partial charge in [-0.1, -0.05) is 18.2 Å². The Kier molecular flexibility index (Phi) is 6.68. The summed E-state index contributed by atoms with van der Waals surface area (Å²) >= 11 is 0. The van der Waals surface area contributed by atoms with Crippen LogP contribution in [0.4, 0.5) is 5.69 Å². The van der Waals surface area contributed by atoms with Crippen LogP contribution in [0.15, 0.2) is 30.3 Å². The van der Waals surface area contributed by atoms with Crippen molar-refractivity contribution in [1.82, 2.24) is 9.80 Å². The van der Waals surface area contributed by atoms with Gasteiger partial charge in [-0.2, -0.15) is 0 Å². The number of amides is 1. The lowest BCUT2D eigenvalue weighted by Gasteiger charge is -2.36. The highest BCUT2D eigenvalue weighted by Crippen LogP contribution is 2.15. The third kappa shape index (κ3) is 5.00. The smallest absolute Gasteiger partial charge is 0.222 e. The molecule has 0 unspecified atom stereocenters. The molecule has 1 aliphatic rings. The molecule has 1 aromatic carbocycles. The fourth-order valence-electron chi connectivity index (χ4n) is 2.73. The average Bonchev–Trinajstić information content (AvgIpc) is 2.58. The summed E-state index contributed by atoms with van der Waals surface area (Å²) < 4.78 is 0. The number of para-hydroxylation sites is 1. The summed E-state index contributed by atoms with van der Waals surface area (Å²) in [6.45, 7) is 6.55. The van der Waals surface area contributed by atoms with Crippen LogP contribution in [-0.4, -0.2) is 68.6 Å². The molecule has 2 N–H and O–H groups in total. The lowest BCUT2D eigenvalue weighted by atomic mass is 10.2. The van der Waals surface area contributed by atoms with Crippen molar-refractivity contribution in [3.8, 4) is 0 Å². The minimum atomic E-state index is 0.202. The molecular formula is C17H28N4O. The molecule has 0 aliphatic carbocycles. The van der Waals surface area contributed by atoms with Crippen molar-refractivity contribution in [1.29, 1.82) is 0 Å². The standard InChI is InChI=1S/C17H28N4O/c1-19(17(22)8-5-9-18)10-11-20-12-14-21(15-13-20)16-6-3-2-4-7-16/h2-4,6-7H,5,8-15,18H2,1H3. The van der Waals surface area contributed by atoms with Crippen LogP contribution in [0.5, 0.6) is 0 Å². The second-order valence-corrected chi connectivity index (χ2v) is 5.87. The fraction of sp³-hybridized carbons (Fsp3) is 0.588. The largest absolute Gasteiger partial charge is 0.369 e. The van der Waals surface area contributed by atoms with Crippen LogP contribution in [0.2, 0.25) is 0 Å². The maximum Gasteiger partial charge on any atom is 0.222 e. The van der Waals surface area contributed by atoms with Crippen LogP contribution in [0, 0.1) is 0 Å². The highest BCUT2D eigenvalue weighted by Gasteiger charge is 2.17. The van der Waals surface area contributed by atoms with Gasteiger partial charge in [0, 0.05) is 58.4 Å². The average molecular weight is 304 g/mol. The summed E-state index contributed by atoms with van der Waals surface area (Å²) in [5.41, 5.74) is 6.75. The number of rotatable bonds is 7. The zero-order valence-electron chi connectivity index (χ0n) is 13.6. The zero-order chi connectivity index (χ0) is 15.8. The molecule has 5 heteroatoms. The predicted octanol–water partition coefficient (Wildman–Crippen LogP) is 1.01. The summed E-state index contributed by atoms with van der Waals surface area (Å²) in [5, 5.41) is 0. The van der Waals surface area contributed by atoms with E-state index in [0.29, 0.717) is 13.0 Å².